The zero-order chi connectivity index (χ0) is 26.1. The van der Waals surface area contributed by atoms with E-state index >= 15 is 0 Å². The number of esters is 1. The molecule has 7 N–H and O–H groups in total. The van der Waals surface area contributed by atoms with Crippen LogP contribution in [-0.4, -0.2) is 73.7 Å². The van der Waals surface area contributed by atoms with Gasteiger partial charge in [0.2, 0.25) is 11.5 Å². The highest BCUT2D eigenvalue weighted by Gasteiger charge is 2.58. The summed E-state index contributed by atoms with van der Waals surface area (Å²) in [5, 5.41) is 38.2. The van der Waals surface area contributed by atoms with Crippen molar-refractivity contribution < 1.29 is 29.3 Å². The number of aliphatic hydroxyl groups is 2. The fourth-order valence-electron chi connectivity index (χ4n) is 3.66. The van der Waals surface area contributed by atoms with Crippen molar-refractivity contribution in [2.75, 3.05) is 11.9 Å². The third kappa shape index (κ3) is 4.84. The molecule has 35 heavy (non-hydrogen) atoms. The van der Waals surface area contributed by atoms with Crippen LogP contribution in [0, 0.1) is 23.2 Å². The fraction of sp³-hybridized carbons (Fsp3) is 0.591. The summed E-state index contributed by atoms with van der Waals surface area (Å²) in [6.07, 6.45) is -3.30. The number of nitrogens with zero attached hydrogens (tertiary/aromatic N) is 4. The van der Waals surface area contributed by atoms with E-state index in [1.807, 2.05) is 6.07 Å². The minimum atomic E-state index is -2.05. The van der Waals surface area contributed by atoms with Crippen LogP contribution in [0.2, 0.25) is 0 Å². The molecule has 0 saturated carbocycles. The lowest BCUT2D eigenvalue weighted by Crippen LogP contribution is -2.41. The average Bonchev–Trinajstić information content (AvgIpc) is 3.37. The van der Waals surface area contributed by atoms with Crippen molar-refractivity contribution in [2.45, 2.75) is 63.7 Å². The van der Waals surface area contributed by atoms with Crippen LogP contribution in [0.4, 0.5) is 5.82 Å². The summed E-state index contributed by atoms with van der Waals surface area (Å²) >= 11 is 0. The number of amides is 1. The Morgan fingerprint density at radius 1 is 1.26 bits per heavy atom. The van der Waals surface area contributed by atoms with Crippen LogP contribution in [0.1, 0.15) is 33.4 Å². The van der Waals surface area contributed by atoms with Crippen LogP contribution in [0.3, 0.4) is 0 Å². The van der Waals surface area contributed by atoms with Crippen molar-refractivity contribution in [3.05, 3.63) is 24.2 Å². The van der Waals surface area contributed by atoms with Crippen molar-refractivity contribution in [2.24, 2.45) is 23.3 Å². The first-order valence-electron chi connectivity index (χ1n) is 11.2. The van der Waals surface area contributed by atoms with Crippen LogP contribution in [0.15, 0.2) is 18.5 Å². The lowest BCUT2D eigenvalue weighted by molar-refractivity contribution is -0.153. The predicted octanol–water partition coefficient (Wildman–Crippen LogP) is -0.983. The van der Waals surface area contributed by atoms with Gasteiger partial charge in [0.15, 0.2) is 5.82 Å². The maximum atomic E-state index is 12.4. The van der Waals surface area contributed by atoms with Crippen molar-refractivity contribution in [3.8, 4) is 6.07 Å². The molecule has 1 amide bonds. The number of fused-ring (bicyclic) bond motifs is 1. The summed E-state index contributed by atoms with van der Waals surface area (Å²) in [7, 11) is 0. The maximum absolute atomic E-state index is 12.4. The second-order valence-electron chi connectivity index (χ2n) is 9.22. The third-order valence-electron chi connectivity index (χ3n) is 6.10. The van der Waals surface area contributed by atoms with E-state index in [1.165, 1.54) is 16.6 Å². The highest BCUT2D eigenvalue weighted by atomic mass is 16.6. The van der Waals surface area contributed by atoms with Gasteiger partial charge < -0.3 is 36.5 Å². The Balaban J connectivity index is 1.89. The largest absolute Gasteiger partial charge is 0.462 e. The molecule has 0 unspecified atom stereocenters. The van der Waals surface area contributed by atoms with Crippen molar-refractivity contribution in [3.63, 3.8) is 0 Å². The molecule has 1 aliphatic heterocycles. The van der Waals surface area contributed by atoms with Crippen LogP contribution in [-0.2, 0) is 24.7 Å². The first kappa shape index (κ1) is 26.5. The molecule has 6 atom stereocenters. The van der Waals surface area contributed by atoms with Crippen LogP contribution in [0.25, 0.3) is 5.52 Å². The molecule has 0 spiro atoms. The lowest BCUT2D eigenvalue weighted by atomic mass is 9.92. The van der Waals surface area contributed by atoms with Gasteiger partial charge in [-0.15, -0.1) is 0 Å². The summed E-state index contributed by atoms with van der Waals surface area (Å²) in [5.74, 6) is -1.28. The Morgan fingerprint density at radius 2 is 1.91 bits per heavy atom. The van der Waals surface area contributed by atoms with Gasteiger partial charge in [-0.05, 0) is 24.0 Å². The molecule has 1 aliphatic rings. The number of nitrogens with two attached hydrogens (primary N) is 2. The molecule has 2 aromatic rings. The molecule has 3 rings (SSSR count). The number of ether oxygens (including phenoxy) is 2. The Morgan fingerprint density at radius 3 is 2.51 bits per heavy atom. The van der Waals surface area contributed by atoms with Gasteiger partial charge in [0, 0.05) is 0 Å². The molecule has 0 radical (unpaired) electrons. The summed E-state index contributed by atoms with van der Waals surface area (Å²) in [6.45, 7) is 6.70. The Kier molecular flexibility index (Phi) is 7.73. The summed E-state index contributed by atoms with van der Waals surface area (Å²) in [6, 6.07) is 3.27. The SMILES string of the molecule is CC(C)[C@H](N)C(=O)Nc1ncnn2c([C@]3(C#N)O[C@H](COC(=O)[C@@H](N)C(C)C)[C@@H](O)[C@H]3O)ccc12. The number of hydrogen-bond acceptors (Lipinski definition) is 11. The van der Waals surface area contributed by atoms with Gasteiger partial charge in [0.1, 0.15) is 48.9 Å². The van der Waals surface area contributed by atoms with Crippen LogP contribution >= 0.6 is 0 Å². The van der Waals surface area contributed by atoms with E-state index in [0.717, 1.165) is 6.33 Å². The third-order valence-corrected chi connectivity index (χ3v) is 6.10. The zero-order valence-corrected chi connectivity index (χ0v) is 20.0. The van der Waals surface area contributed by atoms with E-state index in [-0.39, 0.29) is 23.3 Å². The Bertz CT molecular complexity index is 1130. The molecule has 190 valence electrons. The van der Waals surface area contributed by atoms with Gasteiger partial charge in [-0.1, -0.05) is 27.7 Å². The predicted molar refractivity (Wildman–Crippen MR) is 122 cm³/mol. The number of aromatic nitrogens is 3. The molecule has 13 heteroatoms. The quantitative estimate of drug-likeness (QED) is 0.284. The topological polar surface area (TPSA) is 211 Å². The Labute approximate surface area is 202 Å². The summed E-state index contributed by atoms with van der Waals surface area (Å²) in [4.78, 5) is 28.6. The highest BCUT2D eigenvalue weighted by Crippen LogP contribution is 2.40. The fourth-order valence-corrected chi connectivity index (χ4v) is 3.66. The zero-order valence-electron chi connectivity index (χ0n) is 20.0. The van der Waals surface area contributed by atoms with E-state index in [0.29, 0.717) is 5.52 Å². The number of hydrogen-bond donors (Lipinski definition) is 5. The van der Waals surface area contributed by atoms with Gasteiger partial charge in [0.05, 0.1) is 11.7 Å². The number of rotatable bonds is 8. The van der Waals surface area contributed by atoms with E-state index in [9.17, 15) is 25.1 Å². The number of nitriles is 1. The molecule has 0 bridgehead atoms. The number of carbonyl (C=O) groups is 2. The second-order valence-corrected chi connectivity index (χ2v) is 9.22. The van der Waals surface area contributed by atoms with Gasteiger partial charge in [-0.25, -0.2) is 9.50 Å². The maximum Gasteiger partial charge on any atom is 0.323 e. The van der Waals surface area contributed by atoms with E-state index in [1.54, 1.807) is 27.7 Å². The monoisotopic (exact) mass is 489 g/mol. The molecule has 3 heterocycles. The van der Waals surface area contributed by atoms with E-state index < -0.39 is 54.5 Å². The van der Waals surface area contributed by atoms with Gasteiger partial charge in [0.25, 0.3) is 0 Å². The summed E-state index contributed by atoms with van der Waals surface area (Å²) in [5.41, 5.74) is 10.0. The second kappa shape index (κ2) is 10.2. The molecule has 0 aromatic carbocycles. The molecular weight excluding hydrogens is 458 g/mol. The average molecular weight is 490 g/mol. The normalized spacial score (nSPS) is 26.0. The van der Waals surface area contributed by atoms with E-state index in [2.05, 4.69) is 15.4 Å². The number of anilines is 1. The number of aliphatic hydroxyl groups excluding tert-OH is 2. The van der Waals surface area contributed by atoms with E-state index in [4.69, 9.17) is 20.9 Å². The first-order chi connectivity index (χ1) is 16.4. The first-order valence-corrected chi connectivity index (χ1v) is 11.2. The number of nitrogens with one attached hydrogen (secondary N) is 1. The molecule has 13 nitrogen and oxygen atoms in total. The van der Waals surface area contributed by atoms with Crippen molar-refractivity contribution >= 4 is 23.2 Å². The minimum absolute atomic E-state index is 0.0836. The smallest absolute Gasteiger partial charge is 0.323 e. The van der Waals surface area contributed by atoms with Crippen LogP contribution in [0.5, 0.6) is 0 Å². The van der Waals surface area contributed by atoms with Gasteiger partial charge in [-0.3, -0.25) is 9.59 Å². The molecule has 0 aliphatic carbocycles. The van der Waals surface area contributed by atoms with Gasteiger partial charge >= 0.3 is 5.97 Å². The summed E-state index contributed by atoms with van der Waals surface area (Å²) < 4.78 is 12.2. The lowest BCUT2D eigenvalue weighted by Gasteiger charge is -2.24. The van der Waals surface area contributed by atoms with Gasteiger partial charge in [-0.2, -0.15) is 10.4 Å². The minimum Gasteiger partial charge on any atom is -0.462 e. The number of carbonyl (C=O) groups excluding carboxylic acids is 2. The molecule has 1 saturated heterocycles. The Hall–Kier alpha value is -3.15. The van der Waals surface area contributed by atoms with Crippen molar-refractivity contribution in [1.29, 1.82) is 5.26 Å². The van der Waals surface area contributed by atoms with Crippen LogP contribution < -0.4 is 16.8 Å². The molecule has 2 aromatic heterocycles. The highest BCUT2D eigenvalue weighted by molar-refractivity contribution is 5.97. The van der Waals surface area contributed by atoms with Crippen molar-refractivity contribution in [1.82, 2.24) is 14.6 Å². The molecular formula is C22H31N7O6. The standard InChI is InChI=1S/C22H31N7O6/c1-10(2)15(24)20(32)28-19-12-5-6-14(29(12)27-9-26-19)22(8-23)18(31)17(30)13(35-22)7-34-21(33)16(25)11(3)4/h5-6,9-11,13,15-18,30-31H,7,24-25H2,1-4H3,(H,26,27,28,32)/t13-,15+,16+,17-,18-,22+/m1/s1. The molecule has 1 fully saturated rings.